The highest BCUT2D eigenvalue weighted by molar-refractivity contribution is 5.84. The summed E-state index contributed by atoms with van der Waals surface area (Å²) in [6.07, 6.45) is 4.38. The molecule has 118 valence electrons. The molecule has 2 aliphatic heterocycles. The Morgan fingerprint density at radius 2 is 1.25 bits per heavy atom. The molecule has 3 heterocycles. The van der Waals surface area contributed by atoms with E-state index in [4.69, 9.17) is 0 Å². The zero-order valence-corrected chi connectivity index (χ0v) is 13.1. The van der Waals surface area contributed by atoms with Crippen molar-refractivity contribution in [3.05, 3.63) is 80.6 Å². The molecule has 0 spiro atoms. The molecule has 0 N–H and O–H groups in total. The number of benzene rings is 2. The van der Waals surface area contributed by atoms with E-state index in [-0.39, 0.29) is 23.5 Å². The van der Waals surface area contributed by atoms with Gasteiger partial charge in [0.2, 0.25) is 0 Å². The molecule has 2 aliphatic carbocycles. The largest absolute Gasteiger partial charge is 0.347 e. The summed E-state index contributed by atoms with van der Waals surface area (Å²) < 4.78 is 4.61. The van der Waals surface area contributed by atoms with E-state index in [1.807, 2.05) is 12.1 Å². The van der Waals surface area contributed by atoms with Crippen LogP contribution < -0.4 is 11.4 Å². The van der Waals surface area contributed by atoms with Crippen LogP contribution in [0.1, 0.15) is 23.2 Å². The number of hydrogen-bond donors (Lipinski definition) is 0. The van der Waals surface area contributed by atoms with Crippen LogP contribution in [0.4, 0.5) is 0 Å². The highest BCUT2D eigenvalue weighted by Gasteiger charge is 2.53. The van der Waals surface area contributed by atoms with Crippen molar-refractivity contribution in [2.75, 3.05) is 0 Å². The van der Waals surface area contributed by atoms with E-state index >= 15 is 0 Å². The van der Waals surface area contributed by atoms with E-state index in [1.54, 1.807) is 16.4 Å². The van der Waals surface area contributed by atoms with Crippen molar-refractivity contribution in [2.45, 2.75) is 12.1 Å². The fourth-order valence-electron chi connectivity index (χ4n) is 4.87. The smallest absolute Gasteiger partial charge is 0.246 e. The third-order valence-corrected chi connectivity index (χ3v) is 6.04. The third-order valence-electron chi connectivity index (χ3n) is 6.04. The van der Waals surface area contributed by atoms with Gasteiger partial charge in [0, 0.05) is 18.9 Å². The standard InChI is InChI=1S/C19H15N3O2/c1-20-18(23)21-16-12-6-7-13(12)17(22(21)19(20)24)15-9-11-5-3-2-4-10(11)8-14(15)16/h2-9,12-13,16-17H,1H3/t12-,13-,16-,17-/m1/s1. The van der Waals surface area contributed by atoms with E-state index in [0.717, 1.165) is 0 Å². The van der Waals surface area contributed by atoms with Crippen molar-refractivity contribution in [3.8, 4) is 0 Å². The number of allylic oxidation sites excluding steroid dienone is 2. The molecule has 1 aromatic heterocycles. The average molecular weight is 317 g/mol. The zero-order chi connectivity index (χ0) is 16.2. The molecule has 4 atom stereocenters. The predicted molar refractivity (Wildman–Crippen MR) is 90.3 cm³/mol. The van der Waals surface area contributed by atoms with Gasteiger partial charge in [-0.1, -0.05) is 36.4 Å². The number of rotatable bonds is 0. The summed E-state index contributed by atoms with van der Waals surface area (Å²) in [5.74, 6) is 0.617. The van der Waals surface area contributed by atoms with Crippen molar-refractivity contribution in [2.24, 2.45) is 18.9 Å². The van der Waals surface area contributed by atoms with Gasteiger partial charge in [-0.05, 0) is 34.0 Å². The molecule has 0 radical (unpaired) electrons. The van der Waals surface area contributed by atoms with Crippen LogP contribution in [0.5, 0.6) is 0 Å². The topological polar surface area (TPSA) is 48.9 Å². The van der Waals surface area contributed by atoms with Gasteiger partial charge in [-0.15, -0.1) is 0 Å². The Kier molecular flexibility index (Phi) is 1.99. The van der Waals surface area contributed by atoms with Gasteiger partial charge in [0.1, 0.15) is 0 Å². The van der Waals surface area contributed by atoms with Gasteiger partial charge in [0.15, 0.2) is 0 Å². The molecule has 7 rings (SSSR count). The molecule has 3 aromatic rings. The highest BCUT2D eigenvalue weighted by atomic mass is 16.2. The van der Waals surface area contributed by atoms with E-state index in [1.165, 1.54) is 26.5 Å². The van der Waals surface area contributed by atoms with Gasteiger partial charge < -0.3 is 0 Å². The number of hydrogen-bond acceptors (Lipinski definition) is 2. The fraction of sp³-hybridized carbons (Fsp3) is 0.263. The average Bonchev–Trinajstić information content (AvgIpc) is 2.79. The lowest BCUT2D eigenvalue weighted by Gasteiger charge is -2.52. The third kappa shape index (κ3) is 1.18. The first-order valence-corrected chi connectivity index (χ1v) is 8.28. The number of aromatic nitrogens is 3. The minimum atomic E-state index is -0.215. The van der Waals surface area contributed by atoms with Gasteiger partial charge in [-0.3, -0.25) is 0 Å². The Bertz CT molecular complexity index is 1100. The molecule has 0 saturated heterocycles. The fourth-order valence-corrected chi connectivity index (χ4v) is 4.87. The summed E-state index contributed by atoms with van der Waals surface area (Å²) in [4.78, 5) is 25.3. The van der Waals surface area contributed by atoms with Gasteiger partial charge in [-0.25, -0.2) is 23.5 Å². The van der Waals surface area contributed by atoms with Gasteiger partial charge in [0.25, 0.3) is 0 Å². The first-order chi connectivity index (χ1) is 11.7. The summed E-state index contributed by atoms with van der Waals surface area (Å²) in [7, 11) is 1.57. The van der Waals surface area contributed by atoms with E-state index in [9.17, 15) is 9.59 Å². The van der Waals surface area contributed by atoms with Crippen LogP contribution in [-0.2, 0) is 7.05 Å². The molecule has 2 aromatic carbocycles. The Labute approximate surface area is 137 Å². The molecule has 2 bridgehead atoms. The highest BCUT2D eigenvalue weighted by Crippen LogP contribution is 2.56. The minimum Gasteiger partial charge on any atom is -0.246 e. The second kappa shape index (κ2) is 3.80. The predicted octanol–water partition coefficient (Wildman–Crippen LogP) is 1.81. The zero-order valence-electron chi connectivity index (χ0n) is 13.1. The Morgan fingerprint density at radius 3 is 1.67 bits per heavy atom. The van der Waals surface area contributed by atoms with Gasteiger partial charge in [-0.2, -0.15) is 0 Å². The Hall–Kier alpha value is -2.82. The summed E-state index contributed by atoms with van der Waals surface area (Å²) in [6, 6.07) is 12.5. The van der Waals surface area contributed by atoms with Crippen molar-refractivity contribution in [1.29, 1.82) is 0 Å². The van der Waals surface area contributed by atoms with Crippen molar-refractivity contribution in [3.63, 3.8) is 0 Å². The van der Waals surface area contributed by atoms with Crippen LogP contribution in [0.15, 0.2) is 58.1 Å². The van der Waals surface area contributed by atoms with Crippen LogP contribution >= 0.6 is 0 Å². The van der Waals surface area contributed by atoms with Crippen molar-refractivity contribution < 1.29 is 0 Å². The summed E-state index contributed by atoms with van der Waals surface area (Å²) >= 11 is 0. The van der Waals surface area contributed by atoms with Gasteiger partial charge >= 0.3 is 11.4 Å². The second-order valence-electron chi connectivity index (χ2n) is 7.07. The summed E-state index contributed by atoms with van der Waals surface area (Å²) in [5.41, 5.74) is 1.95. The van der Waals surface area contributed by atoms with E-state index < -0.39 is 0 Å². The summed E-state index contributed by atoms with van der Waals surface area (Å²) in [5, 5.41) is 2.36. The van der Waals surface area contributed by atoms with Crippen LogP contribution in [0.2, 0.25) is 0 Å². The maximum absolute atomic E-state index is 12.7. The molecular formula is C19H15N3O2. The van der Waals surface area contributed by atoms with Crippen molar-refractivity contribution in [1.82, 2.24) is 13.9 Å². The SMILES string of the molecule is Cn1c(=O)n2n(c1=O)[C@H]1c3cc4ccccc4cc3[C@H]2[C@@H]2C=C[C@H]21. The molecule has 0 fully saturated rings. The Balaban J connectivity index is 1.77. The molecule has 4 aliphatic rings. The first kappa shape index (κ1) is 12.6. The monoisotopic (exact) mass is 317 g/mol. The quantitative estimate of drug-likeness (QED) is 0.594. The maximum Gasteiger partial charge on any atom is 0.347 e. The van der Waals surface area contributed by atoms with Crippen LogP contribution in [0.3, 0.4) is 0 Å². The first-order valence-electron chi connectivity index (χ1n) is 8.28. The lowest BCUT2D eigenvalue weighted by atomic mass is 9.62. The van der Waals surface area contributed by atoms with Crippen molar-refractivity contribution >= 4 is 10.8 Å². The lowest BCUT2D eigenvalue weighted by Crippen LogP contribution is -2.53. The molecule has 5 nitrogen and oxygen atoms in total. The molecule has 0 saturated carbocycles. The van der Waals surface area contributed by atoms with Gasteiger partial charge in [0.05, 0.1) is 12.1 Å². The molecule has 24 heavy (non-hydrogen) atoms. The Morgan fingerprint density at radius 1 is 0.792 bits per heavy atom. The maximum atomic E-state index is 12.7. The second-order valence-corrected chi connectivity index (χ2v) is 7.07. The number of fused-ring (bicyclic) bond motifs is 1. The molecule has 5 heteroatoms. The molecular weight excluding hydrogens is 302 g/mol. The van der Waals surface area contributed by atoms with Crippen LogP contribution in [0.25, 0.3) is 10.8 Å². The number of nitrogens with zero attached hydrogens (tertiary/aromatic N) is 3. The lowest BCUT2D eigenvalue weighted by molar-refractivity contribution is 0.123. The minimum absolute atomic E-state index is 0.0778. The summed E-state index contributed by atoms with van der Waals surface area (Å²) in [6.45, 7) is 0. The van der Waals surface area contributed by atoms with Crippen LogP contribution in [0, 0.1) is 11.8 Å². The normalized spacial score (nSPS) is 28.4. The van der Waals surface area contributed by atoms with Crippen LogP contribution in [-0.4, -0.2) is 13.9 Å². The molecule has 0 amide bonds. The van der Waals surface area contributed by atoms with E-state index in [2.05, 4.69) is 36.4 Å². The molecule has 0 unspecified atom stereocenters. The van der Waals surface area contributed by atoms with E-state index in [0.29, 0.717) is 11.8 Å².